The molecule has 0 atom stereocenters. The van der Waals surface area contributed by atoms with Crippen molar-refractivity contribution in [2.45, 2.75) is 122 Å². The van der Waals surface area contributed by atoms with E-state index in [2.05, 4.69) is 50.2 Å². The smallest absolute Gasteiger partial charge is 0.382 e. The molecule has 12 rings (SSSR count). The molecule has 12 heterocycles. The van der Waals surface area contributed by atoms with Gasteiger partial charge in [0, 0.05) is 43.0 Å². The minimum atomic E-state index is -0.687. The third-order valence-electron chi connectivity index (χ3n) is 15.8. The van der Waals surface area contributed by atoms with E-state index >= 15 is 0 Å². The summed E-state index contributed by atoms with van der Waals surface area (Å²) < 4.78 is 36.2. The number of aryl methyl sites for hydroxylation is 6. The maximum Gasteiger partial charge on any atom is 0.382 e. The molecule has 5 N–H and O–H groups in total. The number of rotatable bonds is 18. The number of nitriles is 6. The number of H-pyrrole nitrogens is 2. The molecule has 552 valence electrons. The number of nitrogens with zero attached hydrogens (tertiary/aromatic N) is 6. The van der Waals surface area contributed by atoms with Gasteiger partial charge in [-0.2, -0.15) is 31.6 Å². The zero-order valence-corrected chi connectivity index (χ0v) is 65.5. The molecule has 0 bridgehead atoms. The van der Waals surface area contributed by atoms with Gasteiger partial charge in [0.2, 0.25) is 21.8 Å². The van der Waals surface area contributed by atoms with Gasteiger partial charge in [0.05, 0.1) is 28.5 Å². The lowest BCUT2D eigenvalue weighted by Gasteiger charge is -2.01. The van der Waals surface area contributed by atoms with Gasteiger partial charge in [-0.3, -0.25) is 19.7 Å². The van der Waals surface area contributed by atoms with Crippen molar-refractivity contribution in [2.75, 3.05) is 16.0 Å². The van der Waals surface area contributed by atoms with Gasteiger partial charge in [0.15, 0.2) is 5.76 Å². The first-order chi connectivity index (χ1) is 52.0. The third-order valence-corrected chi connectivity index (χ3v) is 21.7. The van der Waals surface area contributed by atoms with Crippen molar-refractivity contribution < 1.29 is 60.6 Å². The molecule has 0 saturated heterocycles. The van der Waals surface area contributed by atoms with Crippen LogP contribution < -0.4 is 30.2 Å². The highest BCUT2D eigenvalue weighted by atomic mass is 32.1. The Morgan fingerprint density at radius 3 is 1.27 bits per heavy atom. The molecular formula is C78H71N11O13S6. The fourth-order valence-electron chi connectivity index (χ4n) is 10.6. The van der Waals surface area contributed by atoms with E-state index in [-0.39, 0.29) is 40.7 Å². The van der Waals surface area contributed by atoms with Crippen molar-refractivity contribution in [3.8, 4) is 52.5 Å². The Labute approximate surface area is 646 Å². The molecule has 0 aromatic carbocycles. The lowest BCUT2D eigenvalue weighted by atomic mass is 10.1. The number of aromatic amines is 2. The highest BCUT2D eigenvalue weighted by molar-refractivity contribution is 7.17. The zero-order chi connectivity index (χ0) is 78.7. The van der Waals surface area contributed by atoms with Crippen LogP contribution in [0.5, 0.6) is 16.1 Å². The predicted octanol–water partition coefficient (Wildman–Crippen LogP) is 19.4. The second kappa shape index (κ2) is 40.2. The lowest BCUT2D eigenvalue weighted by molar-refractivity contribution is 0.0655. The molecule has 0 spiro atoms. The minimum absolute atomic E-state index is 0.0611. The van der Waals surface area contributed by atoms with E-state index in [4.69, 9.17) is 52.9 Å². The van der Waals surface area contributed by atoms with Crippen LogP contribution in [-0.4, -0.2) is 45.6 Å². The molecule has 108 heavy (non-hydrogen) atoms. The van der Waals surface area contributed by atoms with Crippen LogP contribution in [0.25, 0.3) is 0 Å². The summed E-state index contributed by atoms with van der Waals surface area (Å²) in [6.45, 7) is 23.1. The fraction of sp³-hybridized carbons (Fsp3) is 0.231. The van der Waals surface area contributed by atoms with E-state index in [0.29, 0.717) is 93.5 Å². The molecule has 0 aliphatic carbocycles. The van der Waals surface area contributed by atoms with Crippen molar-refractivity contribution in [3.63, 3.8) is 0 Å². The minimum Gasteiger partial charge on any atom is -0.459 e. The largest absolute Gasteiger partial charge is 0.459 e. The van der Waals surface area contributed by atoms with Crippen LogP contribution in [0, 0.1) is 110 Å². The highest BCUT2D eigenvalue weighted by Crippen LogP contribution is 2.39. The Kier molecular flexibility index (Phi) is 30.9. The van der Waals surface area contributed by atoms with Crippen LogP contribution in [-0.2, 0) is 38.5 Å². The Morgan fingerprint density at radius 1 is 0.407 bits per heavy atom. The summed E-state index contributed by atoms with van der Waals surface area (Å²) in [7, 11) is 0. The van der Waals surface area contributed by atoms with E-state index in [1.54, 1.807) is 80.8 Å². The number of aromatic nitrogens is 2. The van der Waals surface area contributed by atoms with Crippen LogP contribution in [0.4, 0.5) is 15.9 Å². The van der Waals surface area contributed by atoms with Gasteiger partial charge in [-0.05, 0) is 174 Å². The summed E-state index contributed by atoms with van der Waals surface area (Å²) in [6, 6.07) is 32.8. The fourth-order valence-corrected chi connectivity index (χ4v) is 16.0. The summed E-state index contributed by atoms with van der Waals surface area (Å²) >= 11 is 8.32. The van der Waals surface area contributed by atoms with Gasteiger partial charge in [0.25, 0.3) is 17.7 Å². The predicted molar refractivity (Wildman–Crippen MR) is 414 cm³/mol. The number of anilines is 3. The average Bonchev–Trinajstić information content (AvgIpc) is 1.71. The van der Waals surface area contributed by atoms with Crippen LogP contribution in [0.2, 0.25) is 0 Å². The highest BCUT2D eigenvalue weighted by Gasteiger charge is 2.26. The number of esters is 3. The Balaban J connectivity index is 0.000000180. The van der Waals surface area contributed by atoms with Gasteiger partial charge in [-0.25, -0.2) is 14.4 Å². The molecular weight excluding hydrogens is 1490 g/mol. The molecule has 12 aromatic rings. The number of carbonyl (C=O) groups excluding carboxylic acids is 6. The van der Waals surface area contributed by atoms with Gasteiger partial charge in [-0.1, -0.05) is 53.7 Å². The van der Waals surface area contributed by atoms with Crippen molar-refractivity contribution >= 4 is 120 Å². The first-order valence-electron chi connectivity index (χ1n) is 33.2. The van der Waals surface area contributed by atoms with E-state index < -0.39 is 23.8 Å². The molecule has 3 amide bonds. The number of hydrogen-bond acceptors (Lipinski definition) is 25. The second-order valence-corrected chi connectivity index (χ2v) is 29.0. The topological polar surface area (TPSA) is 393 Å². The number of ether oxygens (including phenoxy) is 3. The molecule has 0 unspecified atom stereocenters. The number of nitrogens with one attached hydrogen (secondary N) is 5. The summed E-state index contributed by atoms with van der Waals surface area (Å²) in [5.41, 5.74) is 9.18. The molecule has 24 nitrogen and oxygen atoms in total. The number of furan rings is 4. The Bertz CT molecular complexity index is 4490. The Hall–Kier alpha value is -12.4. The van der Waals surface area contributed by atoms with Crippen LogP contribution >= 0.6 is 68.0 Å². The van der Waals surface area contributed by atoms with Crippen LogP contribution in [0.15, 0.2) is 126 Å². The quantitative estimate of drug-likeness (QED) is 0.0498. The number of carbonyl (C=O) groups is 6. The monoisotopic (exact) mass is 1560 g/mol. The molecule has 0 saturated carbocycles. The average molecular weight is 1560 g/mol. The maximum absolute atomic E-state index is 11.9. The number of amides is 3. The van der Waals surface area contributed by atoms with Crippen molar-refractivity contribution in [1.29, 1.82) is 31.6 Å². The molecule has 0 fully saturated rings. The molecule has 0 aliphatic rings. The molecule has 12 aromatic heterocycles. The molecule has 0 radical (unpaired) electrons. The standard InChI is InChI=1S/C13H13N3OS.C13H12N2O3.C13H12N2O2S.C13H12N2OS2.C13H11NO4.C13H11NO2S2/c1-3-9-8(2)18-13(10(9)7-14)16-12(17)11-5-4-6-15-11;1-3-9-8(2)18-13(10(9)7-14)15-12(16)11-5-4-6-17-11;1-3-9-8(2)18-13(10(9)7-14)17-12(16)11-5-4-6-15-11;1-3-9-8(2)18-13(10(9)7-14)15-12(16)11-5-4-6-17-11;1-3-9-8(2)17-13(10(9)7-14)18-12(15)11-5-4-6-16-11;1-3-9-8(2)18-13(10(9)7-14)16-12(15)11-5-4-6-17-11/h4-6,15H,3H2,1-2H3,(H,16,17);4-6H,3H2,1-2H3,(H,15,16);4-6,15H,3H2,1-2H3;4-6H,3H2,1-2H3,(H,15,16);2*4-6H,3H2,1-2H3. The van der Waals surface area contributed by atoms with Crippen LogP contribution in [0.3, 0.4) is 0 Å². The summed E-state index contributed by atoms with van der Waals surface area (Å²) in [5.74, 6) is -0.809. The normalized spacial score (nSPS) is 10.1. The van der Waals surface area contributed by atoms with Gasteiger partial charge < -0.3 is 52.5 Å². The summed E-state index contributed by atoms with van der Waals surface area (Å²) in [6.07, 6.45) is 10.6. The second-order valence-electron chi connectivity index (χ2n) is 22.3. The number of hydrogen-bond donors (Lipinski definition) is 5. The van der Waals surface area contributed by atoms with Crippen molar-refractivity contribution in [1.82, 2.24) is 9.97 Å². The number of thiophene rings is 6. The summed E-state index contributed by atoms with van der Waals surface area (Å²) in [5, 5.41) is 68.7. The molecule has 0 aliphatic heterocycles. The van der Waals surface area contributed by atoms with E-state index in [1.165, 1.54) is 92.7 Å². The van der Waals surface area contributed by atoms with Crippen molar-refractivity contribution in [3.05, 3.63) is 239 Å². The Morgan fingerprint density at radius 2 is 0.833 bits per heavy atom. The van der Waals surface area contributed by atoms with Gasteiger partial charge in [0.1, 0.15) is 96.5 Å². The van der Waals surface area contributed by atoms with Gasteiger partial charge in [-0.15, -0.1) is 68.0 Å². The van der Waals surface area contributed by atoms with E-state index in [9.17, 15) is 39.3 Å². The zero-order valence-electron chi connectivity index (χ0n) is 60.6. The summed E-state index contributed by atoms with van der Waals surface area (Å²) in [4.78, 5) is 82.0. The maximum atomic E-state index is 11.9. The SMILES string of the molecule is CCc1c(C)oc(NC(=O)c2ccco2)c1C#N.CCc1c(C)oc(OC(=O)c2ccco2)c1C#N.CCc1c(C)sc(NC(=O)c2ccc[nH]2)c1C#N.CCc1c(C)sc(NC(=O)c2cccs2)c1C#N.CCc1c(C)sc(OC(=O)c2ccc[nH]2)c1C#N.CCc1c(C)sc(OC(=O)c2cccs2)c1C#N. The van der Waals surface area contributed by atoms with E-state index in [0.717, 1.165) is 78.6 Å². The first-order valence-corrected chi connectivity index (χ1v) is 38.2. The van der Waals surface area contributed by atoms with Crippen molar-refractivity contribution in [2.24, 2.45) is 0 Å². The lowest BCUT2D eigenvalue weighted by Crippen LogP contribution is -2.12. The van der Waals surface area contributed by atoms with Crippen LogP contribution in [0.1, 0.15) is 201 Å². The first kappa shape index (κ1) is 82.9. The van der Waals surface area contributed by atoms with E-state index in [1.807, 2.05) is 98.2 Å². The van der Waals surface area contributed by atoms with Gasteiger partial charge >= 0.3 is 23.9 Å². The molecule has 30 heteroatoms. The third kappa shape index (κ3) is 20.6.